The minimum atomic E-state index is -4.14. The third kappa shape index (κ3) is 3.98. The minimum absolute atomic E-state index is 0.0408. The van der Waals surface area contributed by atoms with E-state index in [1.54, 1.807) is 12.4 Å². The first-order valence-electron chi connectivity index (χ1n) is 7.28. The molecule has 1 amide bonds. The summed E-state index contributed by atoms with van der Waals surface area (Å²) in [6.07, 6.45) is 0.504. The van der Waals surface area contributed by atoms with Gasteiger partial charge >= 0.3 is 6.18 Å². The number of aromatic amines is 1. The number of nitrogens with zero attached hydrogens (tertiary/aromatic N) is 1. The number of alkyl halides is 3. The molecule has 118 valence electrons. The highest BCUT2D eigenvalue weighted by molar-refractivity contribution is 5.79. The predicted octanol–water partition coefficient (Wildman–Crippen LogP) is 3.35. The number of nitrogens with one attached hydrogen (secondary N) is 2. The first-order chi connectivity index (χ1) is 9.91. The zero-order chi connectivity index (χ0) is 15.5. The van der Waals surface area contributed by atoms with E-state index in [2.05, 4.69) is 15.3 Å². The fourth-order valence-corrected chi connectivity index (χ4v) is 2.80. The van der Waals surface area contributed by atoms with Crippen LogP contribution in [0.2, 0.25) is 0 Å². The lowest BCUT2D eigenvalue weighted by Gasteiger charge is -2.30. The van der Waals surface area contributed by atoms with Crippen molar-refractivity contribution in [2.75, 3.05) is 0 Å². The molecule has 0 aliphatic heterocycles. The zero-order valence-electron chi connectivity index (χ0n) is 11.9. The third-order valence-electron chi connectivity index (χ3n) is 4.14. The van der Waals surface area contributed by atoms with E-state index in [0.717, 1.165) is 0 Å². The van der Waals surface area contributed by atoms with Crippen LogP contribution in [0.3, 0.4) is 0 Å². The Bertz CT molecular complexity index is 451. The second kappa shape index (κ2) is 6.49. The van der Waals surface area contributed by atoms with Crippen LogP contribution in [0.5, 0.6) is 0 Å². The van der Waals surface area contributed by atoms with Gasteiger partial charge in [-0.15, -0.1) is 0 Å². The summed E-state index contributed by atoms with van der Waals surface area (Å²) < 4.78 is 37.8. The van der Waals surface area contributed by atoms with Gasteiger partial charge in [-0.3, -0.25) is 4.79 Å². The maximum atomic E-state index is 12.6. The van der Waals surface area contributed by atoms with Gasteiger partial charge in [-0.2, -0.15) is 13.2 Å². The number of H-pyrrole nitrogens is 1. The lowest BCUT2D eigenvalue weighted by Crippen LogP contribution is -2.37. The summed E-state index contributed by atoms with van der Waals surface area (Å²) in [7, 11) is 0. The van der Waals surface area contributed by atoms with Gasteiger partial charge < -0.3 is 10.3 Å². The quantitative estimate of drug-likeness (QED) is 0.896. The number of imidazole rings is 1. The molecule has 0 radical (unpaired) electrons. The van der Waals surface area contributed by atoms with Crippen molar-refractivity contribution in [3.63, 3.8) is 0 Å². The fourth-order valence-electron chi connectivity index (χ4n) is 2.80. The lowest BCUT2D eigenvalue weighted by atomic mass is 9.81. The summed E-state index contributed by atoms with van der Waals surface area (Å²) in [5, 5.41) is 2.88. The second-order valence-electron chi connectivity index (χ2n) is 5.53. The Morgan fingerprint density at radius 2 is 2.10 bits per heavy atom. The van der Waals surface area contributed by atoms with E-state index in [1.165, 1.54) is 0 Å². The van der Waals surface area contributed by atoms with Crippen molar-refractivity contribution in [3.05, 3.63) is 18.2 Å². The molecule has 2 N–H and O–H groups in total. The van der Waals surface area contributed by atoms with Gasteiger partial charge in [-0.05, 0) is 32.1 Å². The Morgan fingerprint density at radius 3 is 2.57 bits per heavy atom. The van der Waals surface area contributed by atoms with Crippen LogP contribution < -0.4 is 5.32 Å². The Labute approximate surface area is 121 Å². The molecule has 1 heterocycles. The van der Waals surface area contributed by atoms with Crippen molar-refractivity contribution in [2.45, 2.75) is 51.2 Å². The molecule has 0 saturated heterocycles. The van der Waals surface area contributed by atoms with Gasteiger partial charge in [0.15, 0.2) is 0 Å². The Balaban J connectivity index is 1.87. The van der Waals surface area contributed by atoms with Crippen LogP contribution in [0.1, 0.15) is 50.9 Å². The largest absolute Gasteiger partial charge is 0.391 e. The number of aromatic nitrogens is 2. The Hall–Kier alpha value is -1.53. The van der Waals surface area contributed by atoms with Gasteiger partial charge in [0, 0.05) is 18.3 Å². The van der Waals surface area contributed by atoms with Crippen LogP contribution in [0.15, 0.2) is 12.4 Å². The number of hydrogen-bond donors (Lipinski definition) is 2. The number of rotatable bonds is 4. The van der Waals surface area contributed by atoms with E-state index in [-0.39, 0.29) is 30.7 Å². The average Bonchev–Trinajstić information content (AvgIpc) is 2.97. The molecular formula is C14H20F3N3O. The molecule has 1 aromatic heterocycles. The van der Waals surface area contributed by atoms with Gasteiger partial charge in [0.05, 0.1) is 12.0 Å². The minimum Gasteiger partial charge on any atom is -0.347 e. The summed E-state index contributed by atoms with van der Waals surface area (Å²) >= 11 is 0. The maximum absolute atomic E-state index is 12.6. The number of carbonyl (C=O) groups is 1. The monoisotopic (exact) mass is 303 g/mol. The van der Waals surface area contributed by atoms with Gasteiger partial charge in [-0.1, -0.05) is 6.92 Å². The Kier molecular flexibility index (Phi) is 4.90. The normalized spacial score (nSPS) is 24.6. The van der Waals surface area contributed by atoms with Crippen LogP contribution >= 0.6 is 0 Å². The SMILES string of the molecule is CCC(NC(=O)C1CCC(C(F)(F)F)CC1)c1ncc[nH]1. The summed E-state index contributed by atoms with van der Waals surface area (Å²) in [6.45, 7) is 1.92. The standard InChI is InChI=1S/C14H20F3N3O/c1-2-11(12-18-7-8-19-12)20-13(21)9-3-5-10(6-4-9)14(15,16)17/h7-11H,2-6H2,1H3,(H,18,19)(H,20,21). The molecule has 0 bridgehead atoms. The molecule has 1 saturated carbocycles. The highest BCUT2D eigenvalue weighted by Crippen LogP contribution is 2.39. The van der Waals surface area contributed by atoms with Crippen LogP contribution in [0.25, 0.3) is 0 Å². The van der Waals surface area contributed by atoms with Gasteiger partial charge in [-0.25, -0.2) is 4.98 Å². The summed E-state index contributed by atoms with van der Waals surface area (Å²) in [5.41, 5.74) is 0. The molecular weight excluding hydrogens is 283 g/mol. The summed E-state index contributed by atoms with van der Waals surface area (Å²) in [4.78, 5) is 19.2. The molecule has 2 rings (SSSR count). The topological polar surface area (TPSA) is 57.8 Å². The molecule has 1 aromatic rings. The summed E-state index contributed by atoms with van der Waals surface area (Å²) in [5.74, 6) is -1.07. The van der Waals surface area contributed by atoms with E-state index in [9.17, 15) is 18.0 Å². The van der Waals surface area contributed by atoms with Crippen molar-refractivity contribution in [2.24, 2.45) is 11.8 Å². The van der Waals surface area contributed by atoms with Crippen LogP contribution in [0.4, 0.5) is 13.2 Å². The molecule has 1 aliphatic carbocycles. The third-order valence-corrected chi connectivity index (χ3v) is 4.14. The lowest BCUT2D eigenvalue weighted by molar-refractivity contribution is -0.184. The van der Waals surface area contributed by atoms with Crippen LogP contribution in [-0.4, -0.2) is 22.1 Å². The van der Waals surface area contributed by atoms with Gasteiger partial charge in [0.25, 0.3) is 0 Å². The Morgan fingerprint density at radius 1 is 1.43 bits per heavy atom. The van der Waals surface area contributed by atoms with Crippen molar-refractivity contribution in [1.82, 2.24) is 15.3 Å². The first-order valence-corrected chi connectivity index (χ1v) is 7.28. The highest BCUT2D eigenvalue weighted by Gasteiger charge is 2.42. The smallest absolute Gasteiger partial charge is 0.347 e. The van der Waals surface area contributed by atoms with E-state index in [0.29, 0.717) is 25.1 Å². The first kappa shape index (κ1) is 15.9. The van der Waals surface area contributed by atoms with Gasteiger partial charge in [0.1, 0.15) is 5.82 Å². The number of hydrogen-bond acceptors (Lipinski definition) is 2. The van der Waals surface area contributed by atoms with Crippen molar-refractivity contribution < 1.29 is 18.0 Å². The second-order valence-corrected chi connectivity index (χ2v) is 5.53. The van der Waals surface area contributed by atoms with E-state index in [1.807, 2.05) is 6.92 Å². The van der Waals surface area contributed by atoms with Crippen molar-refractivity contribution >= 4 is 5.91 Å². The molecule has 1 aliphatic rings. The molecule has 1 fully saturated rings. The number of amides is 1. The average molecular weight is 303 g/mol. The fraction of sp³-hybridized carbons (Fsp3) is 0.714. The van der Waals surface area contributed by atoms with Crippen LogP contribution in [0, 0.1) is 11.8 Å². The molecule has 1 atom stereocenters. The van der Waals surface area contributed by atoms with E-state index >= 15 is 0 Å². The zero-order valence-corrected chi connectivity index (χ0v) is 11.9. The molecule has 21 heavy (non-hydrogen) atoms. The summed E-state index contributed by atoms with van der Waals surface area (Å²) in [6, 6.07) is -0.215. The maximum Gasteiger partial charge on any atom is 0.391 e. The van der Waals surface area contributed by atoms with Crippen molar-refractivity contribution in [3.8, 4) is 0 Å². The predicted molar refractivity (Wildman–Crippen MR) is 71.3 cm³/mol. The molecule has 4 nitrogen and oxygen atoms in total. The van der Waals surface area contributed by atoms with Gasteiger partial charge in [0.2, 0.25) is 5.91 Å². The number of carbonyl (C=O) groups excluding carboxylic acids is 1. The molecule has 7 heteroatoms. The van der Waals surface area contributed by atoms with Crippen molar-refractivity contribution in [1.29, 1.82) is 0 Å². The van der Waals surface area contributed by atoms with E-state index in [4.69, 9.17) is 0 Å². The highest BCUT2D eigenvalue weighted by atomic mass is 19.4. The van der Waals surface area contributed by atoms with E-state index < -0.39 is 12.1 Å². The molecule has 0 aromatic carbocycles. The molecule has 1 unspecified atom stereocenters. The number of halogens is 3. The van der Waals surface area contributed by atoms with Crippen LogP contribution in [-0.2, 0) is 4.79 Å². The molecule has 0 spiro atoms.